The van der Waals surface area contributed by atoms with Gasteiger partial charge in [-0.1, -0.05) is 18.2 Å². The van der Waals surface area contributed by atoms with Gasteiger partial charge in [-0.25, -0.2) is 0 Å². The molecule has 0 unspecified atom stereocenters. The van der Waals surface area contributed by atoms with Gasteiger partial charge in [0.15, 0.2) is 5.78 Å². The van der Waals surface area contributed by atoms with Gasteiger partial charge in [0.25, 0.3) is 0 Å². The molecule has 0 aliphatic carbocycles. The van der Waals surface area contributed by atoms with Crippen molar-refractivity contribution in [2.24, 2.45) is 0 Å². The van der Waals surface area contributed by atoms with E-state index < -0.39 is 0 Å². The van der Waals surface area contributed by atoms with Gasteiger partial charge in [-0.15, -0.1) is 0 Å². The third-order valence-electron chi connectivity index (χ3n) is 3.14. The van der Waals surface area contributed by atoms with Gasteiger partial charge in [0.1, 0.15) is 11.5 Å². The molecule has 0 aliphatic heterocycles. The van der Waals surface area contributed by atoms with Crippen LogP contribution in [0.5, 0.6) is 11.5 Å². The fourth-order valence-corrected chi connectivity index (χ4v) is 1.94. The van der Waals surface area contributed by atoms with E-state index in [1.54, 1.807) is 55.7 Å². The van der Waals surface area contributed by atoms with E-state index >= 15 is 0 Å². The lowest BCUT2D eigenvalue weighted by Gasteiger charge is -2.07. The fraction of sp³-hybridized carbons (Fsp3) is 0.111. The molecule has 0 heterocycles. The van der Waals surface area contributed by atoms with E-state index in [0.29, 0.717) is 22.6 Å². The molecule has 2 aromatic carbocycles. The number of rotatable bonds is 5. The first-order valence-corrected chi connectivity index (χ1v) is 6.62. The summed E-state index contributed by atoms with van der Waals surface area (Å²) in [5, 5.41) is 8.75. The normalized spacial score (nSPS) is 10.2. The van der Waals surface area contributed by atoms with Crippen molar-refractivity contribution in [3.8, 4) is 17.6 Å². The smallest absolute Gasteiger partial charge is 0.189 e. The van der Waals surface area contributed by atoms with E-state index in [2.05, 4.69) is 6.07 Å². The van der Waals surface area contributed by atoms with Crippen LogP contribution < -0.4 is 9.47 Å². The van der Waals surface area contributed by atoms with Gasteiger partial charge in [0, 0.05) is 0 Å². The summed E-state index contributed by atoms with van der Waals surface area (Å²) in [5.74, 6) is 0.909. The van der Waals surface area contributed by atoms with E-state index in [9.17, 15) is 4.79 Å². The maximum absolute atomic E-state index is 12.3. The van der Waals surface area contributed by atoms with Crippen molar-refractivity contribution >= 4 is 11.9 Å². The number of methoxy groups -OCH3 is 2. The maximum atomic E-state index is 12.3. The lowest BCUT2D eigenvalue weighted by molar-refractivity contribution is 0.104. The summed E-state index contributed by atoms with van der Waals surface area (Å²) >= 11 is 0. The van der Waals surface area contributed by atoms with Crippen molar-refractivity contribution < 1.29 is 14.3 Å². The minimum atomic E-state index is -0.180. The lowest BCUT2D eigenvalue weighted by Crippen LogP contribution is -1.99. The molecule has 0 radical (unpaired) electrons. The minimum Gasteiger partial charge on any atom is -0.497 e. The van der Waals surface area contributed by atoms with Crippen LogP contribution in [-0.4, -0.2) is 20.0 Å². The molecule has 0 saturated carbocycles. The number of carbonyl (C=O) groups excluding carboxylic acids is 1. The average molecular weight is 293 g/mol. The van der Waals surface area contributed by atoms with Gasteiger partial charge in [-0.3, -0.25) is 4.79 Å². The van der Waals surface area contributed by atoms with E-state index in [0.717, 1.165) is 5.56 Å². The number of hydrogen-bond acceptors (Lipinski definition) is 4. The first-order chi connectivity index (χ1) is 10.7. The van der Waals surface area contributed by atoms with Crippen LogP contribution in [0.15, 0.2) is 48.5 Å². The second-order valence-corrected chi connectivity index (χ2v) is 4.50. The summed E-state index contributed by atoms with van der Waals surface area (Å²) in [6, 6.07) is 14.1. The van der Waals surface area contributed by atoms with Crippen molar-refractivity contribution in [2.45, 2.75) is 0 Å². The fourth-order valence-electron chi connectivity index (χ4n) is 1.94. The minimum absolute atomic E-state index is 0.180. The van der Waals surface area contributed by atoms with Gasteiger partial charge in [0.05, 0.1) is 31.4 Å². The Kier molecular flexibility index (Phi) is 4.94. The van der Waals surface area contributed by atoms with E-state index in [4.69, 9.17) is 14.7 Å². The Morgan fingerprint density at radius 2 is 1.82 bits per heavy atom. The van der Waals surface area contributed by atoms with Crippen LogP contribution in [0.1, 0.15) is 21.5 Å². The largest absolute Gasteiger partial charge is 0.497 e. The Morgan fingerprint density at radius 3 is 2.41 bits per heavy atom. The molecule has 0 aliphatic rings. The molecule has 0 saturated heterocycles. The van der Waals surface area contributed by atoms with Crippen LogP contribution in [0.25, 0.3) is 6.08 Å². The first kappa shape index (κ1) is 15.3. The Labute approximate surface area is 129 Å². The van der Waals surface area contributed by atoms with Crippen molar-refractivity contribution in [3.05, 3.63) is 65.2 Å². The van der Waals surface area contributed by atoms with Gasteiger partial charge in [-0.05, 0) is 42.0 Å². The first-order valence-electron chi connectivity index (χ1n) is 6.62. The van der Waals surface area contributed by atoms with E-state index in [1.165, 1.54) is 13.2 Å². The molecule has 0 amide bonds. The zero-order chi connectivity index (χ0) is 15.9. The van der Waals surface area contributed by atoms with Gasteiger partial charge in [-0.2, -0.15) is 5.26 Å². The molecule has 110 valence electrons. The topological polar surface area (TPSA) is 59.3 Å². The molecule has 2 aromatic rings. The molecule has 0 aromatic heterocycles. The molecule has 0 fully saturated rings. The molecule has 0 N–H and O–H groups in total. The van der Waals surface area contributed by atoms with Crippen LogP contribution in [0.4, 0.5) is 0 Å². The number of ketones is 1. The summed E-state index contributed by atoms with van der Waals surface area (Å²) < 4.78 is 10.3. The Hall–Kier alpha value is -3.06. The van der Waals surface area contributed by atoms with Crippen LogP contribution in [-0.2, 0) is 0 Å². The number of hydrogen-bond donors (Lipinski definition) is 0. The van der Waals surface area contributed by atoms with E-state index in [1.807, 2.05) is 0 Å². The second kappa shape index (κ2) is 7.09. The van der Waals surface area contributed by atoms with Crippen molar-refractivity contribution in [1.82, 2.24) is 0 Å². The predicted molar refractivity (Wildman–Crippen MR) is 84.1 cm³/mol. The molecular weight excluding hydrogens is 278 g/mol. The molecular formula is C18H15NO3. The number of nitrogens with zero attached hydrogens (tertiary/aromatic N) is 1. The third-order valence-corrected chi connectivity index (χ3v) is 3.14. The number of benzene rings is 2. The summed E-state index contributed by atoms with van der Waals surface area (Å²) in [4.78, 5) is 12.3. The van der Waals surface area contributed by atoms with Crippen LogP contribution in [0.3, 0.4) is 0 Å². The van der Waals surface area contributed by atoms with Crippen molar-refractivity contribution in [3.63, 3.8) is 0 Å². The predicted octanol–water partition coefficient (Wildman–Crippen LogP) is 3.47. The summed E-state index contributed by atoms with van der Waals surface area (Å²) in [6.07, 6.45) is 3.17. The number of allylic oxidation sites excluding steroid dienone is 1. The highest BCUT2D eigenvalue weighted by atomic mass is 16.5. The van der Waals surface area contributed by atoms with Gasteiger partial charge < -0.3 is 9.47 Å². The Balaban J connectivity index is 2.24. The average Bonchev–Trinajstić information content (AvgIpc) is 2.59. The molecule has 2 rings (SSSR count). The van der Waals surface area contributed by atoms with Gasteiger partial charge in [0.2, 0.25) is 0 Å². The molecule has 0 bridgehead atoms. The maximum Gasteiger partial charge on any atom is 0.189 e. The van der Waals surface area contributed by atoms with Gasteiger partial charge >= 0.3 is 0 Å². The van der Waals surface area contributed by atoms with Crippen molar-refractivity contribution in [1.29, 1.82) is 5.26 Å². The zero-order valence-corrected chi connectivity index (χ0v) is 12.4. The SMILES string of the molecule is COc1ccc(OC)c(C(=O)/C=C/c2ccc(C#N)cc2)c1. The molecule has 4 heteroatoms. The molecule has 0 atom stereocenters. The second-order valence-electron chi connectivity index (χ2n) is 4.50. The summed E-state index contributed by atoms with van der Waals surface area (Å²) in [5.41, 5.74) is 1.86. The highest BCUT2D eigenvalue weighted by Crippen LogP contribution is 2.24. The molecule has 0 spiro atoms. The number of nitriles is 1. The summed E-state index contributed by atoms with van der Waals surface area (Å²) in [6.45, 7) is 0. The number of carbonyl (C=O) groups is 1. The Morgan fingerprint density at radius 1 is 1.09 bits per heavy atom. The van der Waals surface area contributed by atoms with Crippen molar-refractivity contribution in [2.75, 3.05) is 14.2 Å². The van der Waals surface area contributed by atoms with Crippen LogP contribution in [0.2, 0.25) is 0 Å². The Bertz CT molecular complexity index is 740. The standard InChI is InChI=1S/C18H15NO3/c1-21-15-8-10-18(22-2)16(11-15)17(20)9-7-13-3-5-14(12-19)6-4-13/h3-11H,1-2H3/b9-7+. The number of ether oxygens (including phenoxy) is 2. The molecule has 22 heavy (non-hydrogen) atoms. The zero-order valence-electron chi connectivity index (χ0n) is 12.4. The van der Waals surface area contributed by atoms with Crippen LogP contribution >= 0.6 is 0 Å². The van der Waals surface area contributed by atoms with Crippen LogP contribution in [0, 0.1) is 11.3 Å². The monoisotopic (exact) mass is 293 g/mol. The lowest BCUT2D eigenvalue weighted by atomic mass is 10.1. The third kappa shape index (κ3) is 3.53. The summed E-state index contributed by atoms with van der Waals surface area (Å²) in [7, 11) is 3.06. The highest BCUT2D eigenvalue weighted by Gasteiger charge is 2.11. The molecule has 4 nitrogen and oxygen atoms in total. The quantitative estimate of drug-likeness (QED) is 0.625. The van der Waals surface area contributed by atoms with E-state index in [-0.39, 0.29) is 5.78 Å². The highest BCUT2D eigenvalue weighted by molar-refractivity contribution is 6.08.